The van der Waals surface area contributed by atoms with Crippen molar-refractivity contribution >= 4 is 5.69 Å². The van der Waals surface area contributed by atoms with Gasteiger partial charge in [0.05, 0.1) is 6.42 Å². The average molecular weight is 269 g/mol. The van der Waals surface area contributed by atoms with Gasteiger partial charge < -0.3 is 10.3 Å². The Kier molecular flexibility index (Phi) is 3.16. The first-order chi connectivity index (χ1) is 9.72. The van der Waals surface area contributed by atoms with Crippen LogP contribution in [0, 0.1) is 5.82 Å². The van der Waals surface area contributed by atoms with Crippen LogP contribution in [-0.4, -0.2) is 10.1 Å². The van der Waals surface area contributed by atoms with E-state index >= 15 is 0 Å². The molecule has 0 atom stereocenters. The Bertz CT molecular complexity index is 739. The fourth-order valence-electron chi connectivity index (χ4n) is 1.96. The first-order valence-corrected chi connectivity index (χ1v) is 6.14. The average Bonchev–Trinajstić information content (AvgIpc) is 2.87. The number of halogens is 1. The number of nitrogens with zero attached hydrogens (tertiary/aromatic N) is 2. The normalized spacial score (nSPS) is 10.7. The fourth-order valence-corrected chi connectivity index (χ4v) is 1.96. The molecule has 1 heterocycles. The van der Waals surface area contributed by atoms with Crippen molar-refractivity contribution < 1.29 is 8.91 Å². The lowest BCUT2D eigenvalue weighted by Crippen LogP contribution is -1.92. The van der Waals surface area contributed by atoms with E-state index in [9.17, 15) is 4.39 Å². The molecule has 0 radical (unpaired) electrons. The molecule has 100 valence electrons. The molecule has 0 spiro atoms. The van der Waals surface area contributed by atoms with Crippen LogP contribution in [0.15, 0.2) is 53.1 Å². The maximum absolute atomic E-state index is 13.1. The van der Waals surface area contributed by atoms with Crippen molar-refractivity contribution in [3.8, 4) is 11.4 Å². The van der Waals surface area contributed by atoms with Crippen molar-refractivity contribution in [2.24, 2.45) is 0 Å². The summed E-state index contributed by atoms with van der Waals surface area (Å²) >= 11 is 0. The van der Waals surface area contributed by atoms with Gasteiger partial charge in [-0.1, -0.05) is 29.4 Å². The highest BCUT2D eigenvalue weighted by Gasteiger charge is 2.11. The van der Waals surface area contributed by atoms with Crippen molar-refractivity contribution in [1.29, 1.82) is 0 Å². The summed E-state index contributed by atoms with van der Waals surface area (Å²) in [5.74, 6) is 0.581. The molecule has 0 saturated carbocycles. The number of hydrogen-bond acceptors (Lipinski definition) is 4. The Morgan fingerprint density at radius 1 is 1.10 bits per heavy atom. The molecule has 2 N–H and O–H groups in total. The van der Waals surface area contributed by atoms with Crippen LogP contribution < -0.4 is 5.73 Å². The molecule has 0 unspecified atom stereocenters. The van der Waals surface area contributed by atoms with Gasteiger partial charge in [-0.05, 0) is 29.8 Å². The predicted molar refractivity (Wildman–Crippen MR) is 73.4 cm³/mol. The van der Waals surface area contributed by atoms with Crippen molar-refractivity contribution in [2.75, 3.05) is 5.73 Å². The lowest BCUT2D eigenvalue weighted by Gasteiger charge is -1.98. The van der Waals surface area contributed by atoms with Crippen LogP contribution in [0.25, 0.3) is 11.4 Å². The van der Waals surface area contributed by atoms with Gasteiger partial charge in [0.1, 0.15) is 5.82 Å². The zero-order valence-electron chi connectivity index (χ0n) is 10.6. The van der Waals surface area contributed by atoms with E-state index in [2.05, 4.69) is 10.1 Å². The molecule has 0 amide bonds. The molecule has 3 aromatic rings. The number of rotatable bonds is 3. The summed E-state index contributed by atoms with van der Waals surface area (Å²) in [6.45, 7) is 0. The predicted octanol–water partition coefficient (Wildman–Crippen LogP) is 3.05. The summed E-state index contributed by atoms with van der Waals surface area (Å²) in [7, 11) is 0. The van der Waals surface area contributed by atoms with Crippen molar-refractivity contribution in [1.82, 2.24) is 10.1 Å². The molecule has 0 aliphatic carbocycles. The second-order valence-electron chi connectivity index (χ2n) is 4.41. The quantitative estimate of drug-likeness (QED) is 0.742. The van der Waals surface area contributed by atoms with Gasteiger partial charge >= 0.3 is 0 Å². The van der Waals surface area contributed by atoms with Crippen molar-refractivity contribution in [2.45, 2.75) is 6.42 Å². The lowest BCUT2D eigenvalue weighted by atomic mass is 10.1. The molecule has 1 aromatic heterocycles. The third-order valence-electron chi connectivity index (χ3n) is 2.91. The molecule has 5 heteroatoms. The minimum Gasteiger partial charge on any atom is -0.398 e. The van der Waals surface area contributed by atoms with Crippen molar-refractivity contribution in [3.05, 3.63) is 65.8 Å². The first-order valence-electron chi connectivity index (χ1n) is 6.14. The standard InChI is InChI=1S/C15H12FN3O/c16-11-5-3-4-10(8-11)9-14-18-15(19-20-14)12-6-1-2-7-13(12)17/h1-8H,9,17H2. The summed E-state index contributed by atoms with van der Waals surface area (Å²) < 4.78 is 18.3. The largest absolute Gasteiger partial charge is 0.398 e. The van der Waals surface area contributed by atoms with Crippen LogP contribution in [0.1, 0.15) is 11.5 Å². The van der Waals surface area contributed by atoms with E-state index in [1.807, 2.05) is 24.3 Å². The van der Waals surface area contributed by atoms with Crippen LogP contribution in [0.3, 0.4) is 0 Å². The highest BCUT2D eigenvalue weighted by molar-refractivity contribution is 5.70. The summed E-state index contributed by atoms with van der Waals surface area (Å²) in [5.41, 5.74) is 7.95. The van der Waals surface area contributed by atoms with E-state index in [0.29, 0.717) is 23.8 Å². The van der Waals surface area contributed by atoms with Gasteiger partial charge in [-0.25, -0.2) is 4.39 Å². The number of anilines is 1. The zero-order valence-corrected chi connectivity index (χ0v) is 10.6. The van der Waals surface area contributed by atoms with E-state index < -0.39 is 0 Å². The second kappa shape index (κ2) is 5.13. The lowest BCUT2D eigenvalue weighted by molar-refractivity contribution is 0.385. The molecule has 2 aromatic carbocycles. The third-order valence-corrected chi connectivity index (χ3v) is 2.91. The summed E-state index contributed by atoms with van der Waals surface area (Å²) in [4.78, 5) is 4.29. The molecule has 4 nitrogen and oxygen atoms in total. The Balaban J connectivity index is 1.86. The Morgan fingerprint density at radius 3 is 2.75 bits per heavy atom. The van der Waals surface area contributed by atoms with Crippen LogP contribution >= 0.6 is 0 Å². The smallest absolute Gasteiger partial charge is 0.231 e. The topological polar surface area (TPSA) is 64.9 Å². The van der Waals surface area contributed by atoms with Crippen LogP contribution in [0.2, 0.25) is 0 Å². The number of nitrogen functional groups attached to an aromatic ring is 1. The molecule has 0 fully saturated rings. The van der Waals surface area contributed by atoms with Gasteiger partial charge in [0, 0.05) is 11.3 Å². The van der Waals surface area contributed by atoms with Gasteiger partial charge in [0.15, 0.2) is 0 Å². The van der Waals surface area contributed by atoms with Crippen LogP contribution in [0.5, 0.6) is 0 Å². The van der Waals surface area contributed by atoms with Gasteiger partial charge in [-0.3, -0.25) is 0 Å². The van der Waals surface area contributed by atoms with Crippen LogP contribution in [0.4, 0.5) is 10.1 Å². The maximum atomic E-state index is 13.1. The highest BCUT2D eigenvalue weighted by Crippen LogP contribution is 2.23. The van der Waals surface area contributed by atoms with E-state index in [-0.39, 0.29) is 5.82 Å². The second-order valence-corrected chi connectivity index (χ2v) is 4.41. The van der Waals surface area contributed by atoms with Gasteiger partial charge in [-0.2, -0.15) is 4.98 Å². The van der Waals surface area contributed by atoms with E-state index in [1.54, 1.807) is 12.1 Å². The number of hydrogen-bond donors (Lipinski definition) is 1. The molecule has 20 heavy (non-hydrogen) atoms. The van der Waals surface area contributed by atoms with Crippen LogP contribution in [-0.2, 0) is 6.42 Å². The van der Waals surface area contributed by atoms with E-state index in [4.69, 9.17) is 10.3 Å². The minimum atomic E-state index is -0.283. The van der Waals surface area contributed by atoms with Crippen molar-refractivity contribution in [3.63, 3.8) is 0 Å². The Labute approximate surface area is 115 Å². The number of para-hydroxylation sites is 1. The molecular weight excluding hydrogens is 257 g/mol. The first kappa shape index (κ1) is 12.3. The number of nitrogens with two attached hydrogens (primary N) is 1. The molecule has 0 saturated heterocycles. The van der Waals surface area contributed by atoms with E-state index in [1.165, 1.54) is 12.1 Å². The molecule has 0 bridgehead atoms. The minimum absolute atomic E-state index is 0.283. The SMILES string of the molecule is Nc1ccccc1-c1noc(Cc2cccc(F)c2)n1. The van der Waals surface area contributed by atoms with Gasteiger partial charge in [0.2, 0.25) is 11.7 Å². The van der Waals surface area contributed by atoms with Gasteiger partial charge in [0.25, 0.3) is 0 Å². The Morgan fingerprint density at radius 2 is 1.95 bits per heavy atom. The molecular formula is C15H12FN3O. The third kappa shape index (κ3) is 2.51. The highest BCUT2D eigenvalue weighted by atomic mass is 19.1. The fraction of sp³-hybridized carbons (Fsp3) is 0.0667. The maximum Gasteiger partial charge on any atom is 0.231 e. The Hall–Kier alpha value is -2.69. The number of aromatic nitrogens is 2. The molecule has 3 rings (SSSR count). The van der Waals surface area contributed by atoms with Gasteiger partial charge in [-0.15, -0.1) is 0 Å². The molecule has 0 aliphatic rings. The number of benzene rings is 2. The monoisotopic (exact) mass is 269 g/mol. The summed E-state index contributed by atoms with van der Waals surface area (Å²) in [6, 6.07) is 13.6. The zero-order chi connectivity index (χ0) is 13.9. The molecule has 0 aliphatic heterocycles. The summed E-state index contributed by atoms with van der Waals surface area (Å²) in [6.07, 6.45) is 0.386. The summed E-state index contributed by atoms with van der Waals surface area (Å²) in [5, 5.41) is 3.91. The van der Waals surface area contributed by atoms with E-state index in [0.717, 1.165) is 11.1 Å².